The van der Waals surface area contributed by atoms with Gasteiger partial charge in [0.25, 0.3) is 0 Å². The highest BCUT2D eigenvalue weighted by atomic mass is 16.5. The fourth-order valence-corrected chi connectivity index (χ4v) is 1.71. The predicted octanol–water partition coefficient (Wildman–Crippen LogP) is 2.57. The number of ether oxygens (including phenoxy) is 1. The summed E-state index contributed by atoms with van der Waals surface area (Å²) < 4.78 is 5.59. The summed E-state index contributed by atoms with van der Waals surface area (Å²) in [6.07, 6.45) is 3.45. The second-order valence-electron chi connectivity index (χ2n) is 4.07. The van der Waals surface area contributed by atoms with Gasteiger partial charge in [0.15, 0.2) is 6.29 Å². The van der Waals surface area contributed by atoms with E-state index in [0.29, 0.717) is 23.2 Å². The molecule has 0 atom stereocenters. The van der Waals surface area contributed by atoms with Gasteiger partial charge in [-0.3, -0.25) is 4.79 Å². The third-order valence-corrected chi connectivity index (χ3v) is 2.57. The SMILES string of the molecule is Cc1cc(C#N)cc(C)c1Oc1ncc(C=O)cn1. The molecular formula is C14H11N3O2. The zero-order valence-corrected chi connectivity index (χ0v) is 10.5. The molecule has 0 aliphatic rings. The van der Waals surface area contributed by atoms with Gasteiger partial charge in [-0.2, -0.15) is 5.26 Å². The van der Waals surface area contributed by atoms with Crippen molar-refractivity contribution >= 4 is 6.29 Å². The number of hydrogen-bond donors (Lipinski definition) is 0. The minimum Gasteiger partial charge on any atom is -0.424 e. The van der Waals surface area contributed by atoms with Crippen molar-refractivity contribution in [2.45, 2.75) is 13.8 Å². The van der Waals surface area contributed by atoms with Crippen LogP contribution in [-0.4, -0.2) is 16.3 Å². The monoisotopic (exact) mass is 253 g/mol. The lowest BCUT2D eigenvalue weighted by atomic mass is 10.1. The molecule has 94 valence electrons. The van der Waals surface area contributed by atoms with Gasteiger partial charge in [-0.05, 0) is 37.1 Å². The summed E-state index contributed by atoms with van der Waals surface area (Å²) in [6, 6.07) is 5.73. The molecule has 2 aromatic rings. The topological polar surface area (TPSA) is 75.9 Å². The van der Waals surface area contributed by atoms with Crippen LogP contribution in [0, 0.1) is 25.2 Å². The number of benzene rings is 1. The van der Waals surface area contributed by atoms with Crippen molar-refractivity contribution in [1.82, 2.24) is 9.97 Å². The van der Waals surface area contributed by atoms with E-state index in [1.807, 2.05) is 13.8 Å². The van der Waals surface area contributed by atoms with Crippen LogP contribution in [0.25, 0.3) is 0 Å². The molecule has 1 aromatic heterocycles. The van der Waals surface area contributed by atoms with Crippen molar-refractivity contribution in [2.75, 3.05) is 0 Å². The second-order valence-corrected chi connectivity index (χ2v) is 4.07. The Bertz CT molecular complexity index is 634. The molecule has 0 N–H and O–H groups in total. The van der Waals surface area contributed by atoms with E-state index in [1.165, 1.54) is 12.4 Å². The summed E-state index contributed by atoms with van der Waals surface area (Å²) in [5.41, 5.74) is 2.64. The number of aldehydes is 1. The Labute approximate surface area is 110 Å². The third kappa shape index (κ3) is 2.75. The van der Waals surface area contributed by atoms with E-state index < -0.39 is 0 Å². The van der Waals surface area contributed by atoms with Crippen LogP contribution in [0.3, 0.4) is 0 Å². The second kappa shape index (κ2) is 5.27. The Balaban J connectivity index is 2.32. The van der Waals surface area contributed by atoms with Crippen LogP contribution in [0.2, 0.25) is 0 Å². The molecule has 19 heavy (non-hydrogen) atoms. The average Bonchev–Trinajstić information content (AvgIpc) is 2.43. The van der Waals surface area contributed by atoms with Gasteiger partial charge in [-0.15, -0.1) is 0 Å². The molecule has 1 aromatic carbocycles. The summed E-state index contributed by atoms with van der Waals surface area (Å²) in [5, 5.41) is 8.88. The van der Waals surface area contributed by atoms with E-state index in [0.717, 1.165) is 11.1 Å². The first-order valence-electron chi connectivity index (χ1n) is 5.60. The van der Waals surface area contributed by atoms with E-state index in [4.69, 9.17) is 10.00 Å². The Morgan fingerprint density at radius 1 is 1.21 bits per heavy atom. The third-order valence-electron chi connectivity index (χ3n) is 2.57. The zero-order chi connectivity index (χ0) is 13.8. The average molecular weight is 253 g/mol. The van der Waals surface area contributed by atoms with Gasteiger partial charge >= 0.3 is 6.01 Å². The predicted molar refractivity (Wildman–Crippen MR) is 68.1 cm³/mol. The number of aryl methyl sites for hydroxylation is 2. The molecular weight excluding hydrogens is 242 g/mol. The van der Waals surface area contributed by atoms with Crippen molar-refractivity contribution in [3.63, 3.8) is 0 Å². The van der Waals surface area contributed by atoms with Gasteiger partial charge < -0.3 is 4.74 Å². The van der Waals surface area contributed by atoms with E-state index in [9.17, 15) is 4.79 Å². The van der Waals surface area contributed by atoms with E-state index in [2.05, 4.69) is 16.0 Å². The highest BCUT2D eigenvalue weighted by Gasteiger charge is 2.09. The molecule has 0 aliphatic carbocycles. The number of rotatable bonds is 3. The van der Waals surface area contributed by atoms with Crippen LogP contribution in [0.1, 0.15) is 27.0 Å². The quantitative estimate of drug-likeness (QED) is 0.786. The van der Waals surface area contributed by atoms with Crippen molar-refractivity contribution in [3.05, 3.63) is 46.8 Å². The highest BCUT2D eigenvalue weighted by molar-refractivity contribution is 5.73. The maximum Gasteiger partial charge on any atom is 0.321 e. The minimum atomic E-state index is 0.168. The van der Waals surface area contributed by atoms with Crippen LogP contribution in [0.5, 0.6) is 11.8 Å². The van der Waals surface area contributed by atoms with Crippen molar-refractivity contribution < 1.29 is 9.53 Å². The summed E-state index contributed by atoms with van der Waals surface area (Å²) in [5.74, 6) is 0.623. The molecule has 1 heterocycles. The Morgan fingerprint density at radius 2 is 1.79 bits per heavy atom. The summed E-state index contributed by atoms with van der Waals surface area (Å²) in [6.45, 7) is 3.70. The van der Waals surface area contributed by atoms with E-state index in [1.54, 1.807) is 12.1 Å². The molecule has 0 unspecified atom stereocenters. The first kappa shape index (κ1) is 12.7. The summed E-state index contributed by atoms with van der Waals surface area (Å²) in [7, 11) is 0. The molecule has 0 amide bonds. The van der Waals surface area contributed by atoms with Gasteiger partial charge in [0, 0.05) is 12.4 Å². The molecule has 0 aliphatic heterocycles. The highest BCUT2D eigenvalue weighted by Crippen LogP contribution is 2.27. The van der Waals surface area contributed by atoms with Gasteiger partial charge in [0.1, 0.15) is 5.75 Å². The van der Waals surface area contributed by atoms with Crippen molar-refractivity contribution in [2.24, 2.45) is 0 Å². The maximum atomic E-state index is 10.5. The van der Waals surface area contributed by atoms with Gasteiger partial charge in [0.2, 0.25) is 0 Å². The fraction of sp³-hybridized carbons (Fsp3) is 0.143. The fourth-order valence-electron chi connectivity index (χ4n) is 1.71. The molecule has 0 saturated carbocycles. The number of carbonyl (C=O) groups is 1. The molecule has 5 heteroatoms. The van der Waals surface area contributed by atoms with Gasteiger partial charge in [0.05, 0.1) is 17.2 Å². The lowest BCUT2D eigenvalue weighted by Gasteiger charge is -2.10. The number of hydrogen-bond acceptors (Lipinski definition) is 5. The van der Waals surface area contributed by atoms with Crippen LogP contribution in [0.15, 0.2) is 24.5 Å². The Kier molecular flexibility index (Phi) is 3.53. The first-order valence-corrected chi connectivity index (χ1v) is 5.60. The molecule has 0 bridgehead atoms. The smallest absolute Gasteiger partial charge is 0.321 e. The van der Waals surface area contributed by atoms with Crippen LogP contribution < -0.4 is 4.74 Å². The molecule has 5 nitrogen and oxygen atoms in total. The standard InChI is InChI=1S/C14H11N3O2/c1-9-3-11(5-15)4-10(2)13(9)19-14-16-6-12(8-18)7-17-14/h3-4,6-8H,1-2H3. The normalized spacial score (nSPS) is 9.74. The molecule has 0 spiro atoms. The lowest BCUT2D eigenvalue weighted by Crippen LogP contribution is -1.97. The van der Waals surface area contributed by atoms with Crippen LogP contribution in [-0.2, 0) is 0 Å². The van der Waals surface area contributed by atoms with Crippen LogP contribution >= 0.6 is 0 Å². The summed E-state index contributed by atoms with van der Waals surface area (Å²) in [4.78, 5) is 18.4. The Morgan fingerprint density at radius 3 is 2.26 bits per heavy atom. The number of aromatic nitrogens is 2. The Hall–Kier alpha value is -2.74. The van der Waals surface area contributed by atoms with E-state index in [-0.39, 0.29) is 6.01 Å². The maximum absolute atomic E-state index is 10.5. The van der Waals surface area contributed by atoms with Gasteiger partial charge in [-0.1, -0.05) is 0 Å². The molecule has 2 rings (SSSR count). The molecule has 0 fully saturated rings. The van der Waals surface area contributed by atoms with Crippen LogP contribution in [0.4, 0.5) is 0 Å². The van der Waals surface area contributed by atoms with Gasteiger partial charge in [-0.25, -0.2) is 9.97 Å². The number of nitriles is 1. The largest absolute Gasteiger partial charge is 0.424 e. The minimum absolute atomic E-state index is 0.168. The first-order chi connectivity index (χ1) is 9.13. The number of carbonyl (C=O) groups excluding carboxylic acids is 1. The summed E-state index contributed by atoms with van der Waals surface area (Å²) >= 11 is 0. The zero-order valence-electron chi connectivity index (χ0n) is 10.5. The lowest BCUT2D eigenvalue weighted by molar-refractivity contribution is 0.112. The van der Waals surface area contributed by atoms with Crippen molar-refractivity contribution in [3.8, 4) is 17.8 Å². The molecule has 0 saturated heterocycles. The van der Waals surface area contributed by atoms with Crippen molar-refractivity contribution in [1.29, 1.82) is 5.26 Å². The number of nitrogens with zero attached hydrogens (tertiary/aromatic N) is 3. The van der Waals surface area contributed by atoms with E-state index >= 15 is 0 Å². The molecule has 0 radical (unpaired) electrons.